The van der Waals surface area contributed by atoms with Crippen molar-refractivity contribution in [2.45, 2.75) is 59.2 Å². The van der Waals surface area contributed by atoms with E-state index in [4.69, 9.17) is 19.8 Å². The quantitative estimate of drug-likeness (QED) is 0.142. The van der Waals surface area contributed by atoms with Crippen LogP contribution in [0.5, 0.6) is 11.5 Å². The normalized spacial score (nSPS) is 15.5. The van der Waals surface area contributed by atoms with Gasteiger partial charge < -0.3 is 19.1 Å². The van der Waals surface area contributed by atoms with Crippen LogP contribution in [0.4, 0.5) is 22.7 Å². The molecule has 0 amide bonds. The molecular formula is C63H53N4OPt-3. The van der Waals surface area contributed by atoms with Gasteiger partial charge in [0.2, 0.25) is 0 Å². The van der Waals surface area contributed by atoms with Crippen molar-refractivity contribution in [3.8, 4) is 50.7 Å². The molecule has 0 saturated carbocycles. The molecule has 0 bridgehead atoms. The van der Waals surface area contributed by atoms with Crippen LogP contribution in [0.1, 0.15) is 76.1 Å². The number of aryl methyl sites for hydroxylation is 1. The summed E-state index contributed by atoms with van der Waals surface area (Å²) in [5.74, 6) is 0.867. The van der Waals surface area contributed by atoms with E-state index >= 15 is 0 Å². The van der Waals surface area contributed by atoms with Gasteiger partial charge in [0, 0.05) is 76.6 Å². The van der Waals surface area contributed by atoms with Crippen LogP contribution in [0, 0.1) is 25.7 Å². The zero-order valence-electron chi connectivity index (χ0n) is 51.7. The van der Waals surface area contributed by atoms with Crippen LogP contribution in [0.2, 0.25) is 0 Å². The van der Waals surface area contributed by atoms with Gasteiger partial charge in [0.15, 0.2) is 0 Å². The van der Waals surface area contributed by atoms with Crippen molar-refractivity contribution in [2.24, 2.45) is 0 Å². The number of ether oxygens (including phenoxy) is 1. The maximum Gasteiger partial charge on any atom is 0.135 e. The molecule has 0 unspecified atom stereocenters. The fourth-order valence-electron chi connectivity index (χ4n) is 8.82. The molecule has 0 atom stereocenters. The van der Waals surface area contributed by atoms with E-state index in [0.29, 0.717) is 50.1 Å². The maximum absolute atomic E-state index is 9.23. The number of hydrogen-bond donors (Lipinski definition) is 0. The van der Waals surface area contributed by atoms with Gasteiger partial charge in [-0.2, -0.15) is 12.1 Å². The standard InChI is InChI=1S/C63H53N4O.Pt/c1-42-32-33-64-60(34-42)67-56-31-28-45(43-18-10-8-11-19-43)37-55(56)54-30-29-51(40-59(54)67)68-50-23-16-22-49(39-50)65-41-66(58-27-15-14-26-57(58)65)61-52(44-20-12-9-13-21-44)24-17-25-53(61)46-35-47(62(2,3)4)38-48(36-46)63(5,6)7;/h8-38,41H,1-7H3;/q-3;/i1D3,8D,9D,10D,11D,12D,13D,18D,19D,20D,21D;. The van der Waals surface area contributed by atoms with Crippen LogP contribution in [0.3, 0.4) is 0 Å². The number of fused-ring (bicyclic) bond motifs is 4. The SMILES string of the molecule is [2H]c1c([2H])c([2H])c(-c2ccc3c(c2)c2ccc(Oc4[c-]c(N5[CH-]N(c6c(-c7cc(C(C)(C)C)cc(C(C)(C)C)c7)cccc6-c6c([2H])c([2H])c([2H])c([2H])c6[2H])c6ccccc65)ccc4)[c-]c2n3-c2cc(C([2H])([2H])[2H])ccn2)c([2H])c1[2H].[Pt]. The van der Waals surface area contributed by atoms with Gasteiger partial charge in [-0.25, -0.2) is 4.98 Å². The van der Waals surface area contributed by atoms with Crippen molar-refractivity contribution >= 4 is 44.6 Å². The van der Waals surface area contributed by atoms with Crippen LogP contribution in [0.25, 0.3) is 61.0 Å². The Morgan fingerprint density at radius 2 is 1.23 bits per heavy atom. The van der Waals surface area contributed by atoms with Crippen molar-refractivity contribution in [3.63, 3.8) is 0 Å². The molecule has 6 heteroatoms. The number of para-hydroxylation sites is 3. The molecule has 3 heterocycles. The summed E-state index contributed by atoms with van der Waals surface area (Å²) in [7, 11) is 0. The molecule has 10 aromatic rings. The Balaban J connectivity index is 0.00000753. The number of nitrogens with zero attached hydrogens (tertiary/aromatic N) is 4. The van der Waals surface area contributed by atoms with E-state index in [2.05, 4.69) is 76.9 Å². The first kappa shape index (κ1) is 32.5. The van der Waals surface area contributed by atoms with Crippen molar-refractivity contribution in [1.29, 1.82) is 0 Å². The second-order valence-corrected chi connectivity index (χ2v) is 18.9. The number of pyridine rings is 1. The Labute approximate surface area is 439 Å². The van der Waals surface area contributed by atoms with E-state index in [1.807, 2.05) is 71.1 Å². The summed E-state index contributed by atoms with van der Waals surface area (Å²) < 4.78 is 120. The summed E-state index contributed by atoms with van der Waals surface area (Å²) in [6.07, 6.45) is 1.42. The molecule has 11 rings (SSSR count). The third-order valence-electron chi connectivity index (χ3n) is 12.3. The van der Waals surface area contributed by atoms with Crippen LogP contribution >= 0.6 is 0 Å². The van der Waals surface area contributed by atoms with Gasteiger partial charge in [0.05, 0.1) is 13.7 Å². The molecule has 0 radical (unpaired) electrons. The predicted octanol–water partition coefficient (Wildman–Crippen LogP) is 16.9. The summed E-state index contributed by atoms with van der Waals surface area (Å²) in [6, 6.07) is 39.9. The minimum atomic E-state index is -2.45. The average molecular weight is 1090 g/mol. The van der Waals surface area contributed by atoms with Gasteiger partial charge in [-0.1, -0.05) is 168 Å². The van der Waals surface area contributed by atoms with Gasteiger partial charge in [-0.3, -0.25) is 0 Å². The van der Waals surface area contributed by atoms with Crippen molar-refractivity contribution < 1.29 is 43.6 Å². The maximum atomic E-state index is 9.23. The first-order chi connectivity index (χ1) is 38.2. The smallest absolute Gasteiger partial charge is 0.135 e. The van der Waals surface area contributed by atoms with Crippen LogP contribution in [-0.4, -0.2) is 9.55 Å². The summed E-state index contributed by atoms with van der Waals surface area (Å²) in [5.41, 5.74) is 8.14. The van der Waals surface area contributed by atoms with Gasteiger partial charge in [-0.05, 0) is 92.3 Å². The minimum Gasteiger partial charge on any atom is -0.509 e. The molecule has 1 aliphatic rings. The fourth-order valence-corrected chi connectivity index (χ4v) is 8.82. The second-order valence-electron chi connectivity index (χ2n) is 18.9. The van der Waals surface area contributed by atoms with Crippen molar-refractivity contribution in [1.82, 2.24) is 9.55 Å². The molecular weight excluding hydrogens is 1020 g/mol. The van der Waals surface area contributed by atoms with Gasteiger partial charge >= 0.3 is 0 Å². The molecule has 8 aromatic carbocycles. The Hall–Kier alpha value is -7.20. The number of benzene rings is 8. The molecule has 69 heavy (non-hydrogen) atoms. The van der Waals surface area contributed by atoms with Crippen LogP contribution < -0.4 is 14.5 Å². The zero-order valence-corrected chi connectivity index (χ0v) is 41.0. The summed E-state index contributed by atoms with van der Waals surface area (Å²) in [4.78, 5) is 8.56. The van der Waals surface area contributed by atoms with Gasteiger partial charge in [0.1, 0.15) is 5.82 Å². The van der Waals surface area contributed by atoms with E-state index < -0.39 is 43.1 Å². The van der Waals surface area contributed by atoms with Crippen LogP contribution in [-0.2, 0) is 31.9 Å². The Kier molecular flexibility index (Phi) is 8.50. The molecule has 0 fully saturated rings. The summed E-state index contributed by atoms with van der Waals surface area (Å²) >= 11 is 0. The number of hydrogen-bond acceptors (Lipinski definition) is 4. The van der Waals surface area contributed by atoms with Gasteiger partial charge in [-0.15, -0.1) is 48.1 Å². The fraction of sp³-hybridized carbons (Fsp3) is 0.143. The molecule has 2 aromatic heterocycles. The van der Waals surface area contributed by atoms with E-state index in [0.717, 1.165) is 33.6 Å². The van der Waals surface area contributed by atoms with E-state index in [1.165, 1.54) is 18.3 Å². The molecule has 0 spiro atoms. The summed E-state index contributed by atoms with van der Waals surface area (Å²) in [5, 5.41) is 1.25. The monoisotopic (exact) mass is 1090 g/mol. The van der Waals surface area contributed by atoms with Crippen LogP contribution in [0.15, 0.2) is 188 Å². The van der Waals surface area contributed by atoms with E-state index in [9.17, 15) is 2.74 Å². The third kappa shape index (κ3) is 8.66. The molecule has 0 aliphatic carbocycles. The molecule has 0 N–H and O–H groups in total. The second kappa shape index (κ2) is 18.0. The average Bonchev–Trinajstić information content (AvgIpc) is 2.17. The first-order valence-corrected chi connectivity index (χ1v) is 22.4. The number of anilines is 4. The summed E-state index contributed by atoms with van der Waals surface area (Å²) in [6.45, 7) is 12.5. The first-order valence-electron chi connectivity index (χ1n) is 28.9. The number of aromatic nitrogens is 2. The number of rotatable bonds is 8. The molecule has 0 saturated heterocycles. The minimum absolute atomic E-state index is 0. The topological polar surface area (TPSA) is 33.5 Å². The molecule has 1 aliphatic heterocycles. The van der Waals surface area contributed by atoms with Crippen molar-refractivity contribution in [2.75, 3.05) is 9.80 Å². The molecule has 5 nitrogen and oxygen atoms in total. The Morgan fingerprint density at radius 1 is 0.580 bits per heavy atom. The Morgan fingerprint density at radius 3 is 1.93 bits per heavy atom. The third-order valence-corrected chi connectivity index (χ3v) is 12.3. The van der Waals surface area contributed by atoms with Crippen molar-refractivity contribution in [3.05, 3.63) is 223 Å². The van der Waals surface area contributed by atoms with E-state index in [-0.39, 0.29) is 84.3 Å². The van der Waals surface area contributed by atoms with E-state index in [1.54, 1.807) is 41.0 Å². The van der Waals surface area contributed by atoms with Gasteiger partial charge in [0.25, 0.3) is 0 Å². The molecule has 344 valence electrons. The zero-order chi connectivity index (χ0) is 57.9. The Bertz CT molecular complexity index is 4150. The largest absolute Gasteiger partial charge is 0.509 e. The predicted molar refractivity (Wildman–Crippen MR) is 283 cm³/mol.